The third-order valence-electron chi connectivity index (χ3n) is 3.44. The average molecular weight is 373 g/mol. The molecule has 0 spiro atoms. The van der Waals surface area contributed by atoms with Crippen LogP contribution in [0.2, 0.25) is 0 Å². The Morgan fingerprint density at radius 2 is 1.93 bits per heavy atom. The standard InChI is InChI=1S/C17H16FN5O4/c1-2-26-17(25)16(24)19-9-10-27-14-8-7-13-20-21-15(23(13)22-14)11-3-5-12(18)6-4-11/h3-8H,2,9-10H2,1H3,(H,19,24). The molecular formula is C17H16FN5O4. The second-order valence-electron chi connectivity index (χ2n) is 5.30. The molecule has 0 radical (unpaired) electrons. The third kappa shape index (κ3) is 4.35. The van der Waals surface area contributed by atoms with E-state index in [0.29, 0.717) is 17.0 Å². The van der Waals surface area contributed by atoms with Crippen molar-refractivity contribution in [1.29, 1.82) is 0 Å². The van der Waals surface area contributed by atoms with E-state index in [4.69, 9.17) is 4.74 Å². The van der Waals surface area contributed by atoms with E-state index in [0.717, 1.165) is 0 Å². The summed E-state index contributed by atoms with van der Waals surface area (Å²) < 4.78 is 24.6. The molecule has 0 aliphatic carbocycles. The van der Waals surface area contributed by atoms with Crippen LogP contribution in [0, 0.1) is 5.82 Å². The van der Waals surface area contributed by atoms with E-state index in [9.17, 15) is 14.0 Å². The van der Waals surface area contributed by atoms with Gasteiger partial charge >= 0.3 is 11.9 Å². The molecule has 1 N–H and O–H groups in total. The molecule has 0 fully saturated rings. The predicted molar refractivity (Wildman–Crippen MR) is 91.3 cm³/mol. The summed E-state index contributed by atoms with van der Waals surface area (Å²) >= 11 is 0. The first kappa shape index (κ1) is 18.2. The molecule has 3 rings (SSSR count). The lowest BCUT2D eigenvalue weighted by atomic mass is 10.2. The zero-order chi connectivity index (χ0) is 19.2. The van der Waals surface area contributed by atoms with Crippen LogP contribution in [0.3, 0.4) is 0 Å². The lowest BCUT2D eigenvalue weighted by Gasteiger charge is -2.07. The highest BCUT2D eigenvalue weighted by molar-refractivity contribution is 6.32. The predicted octanol–water partition coefficient (Wildman–Crippen LogP) is 0.988. The van der Waals surface area contributed by atoms with Gasteiger partial charge in [0.2, 0.25) is 5.88 Å². The Labute approximate surface area is 153 Å². The molecule has 2 aromatic heterocycles. The van der Waals surface area contributed by atoms with Gasteiger partial charge in [-0.3, -0.25) is 4.79 Å². The van der Waals surface area contributed by atoms with Crippen molar-refractivity contribution in [2.45, 2.75) is 6.92 Å². The van der Waals surface area contributed by atoms with Gasteiger partial charge in [0.25, 0.3) is 0 Å². The van der Waals surface area contributed by atoms with Crippen molar-refractivity contribution in [3.8, 4) is 17.3 Å². The number of aromatic nitrogens is 4. The number of esters is 1. The SMILES string of the molecule is CCOC(=O)C(=O)NCCOc1ccc2nnc(-c3ccc(F)cc3)n2n1. The zero-order valence-corrected chi connectivity index (χ0v) is 14.4. The minimum absolute atomic E-state index is 0.0949. The van der Waals surface area contributed by atoms with Crippen LogP contribution in [0.4, 0.5) is 4.39 Å². The fraction of sp³-hybridized carbons (Fsp3) is 0.235. The molecule has 3 aromatic rings. The molecule has 1 amide bonds. The van der Waals surface area contributed by atoms with Crippen molar-refractivity contribution >= 4 is 17.5 Å². The minimum atomic E-state index is -0.939. The van der Waals surface area contributed by atoms with E-state index in [2.05, 4.69) is 25.3 Å². The molecule has 9 nitrogen and oxygen atoms in total. The number of hydrogen-bond donors (Lipinski definition) is 1. The number of hydrogen-bond acceptors (Lipinski definition) is 7. The largest absolute Gasteiger partial charge is 0.475 e. The van der Waals surface area contributed by atoms with Crippen molar-refractivity contribution in [3.05, 3.63) is 42.2 Å². The smallest absolute Gasteiger partial charge is 0.396 e. The number of amides is 1. The highest BCUT2D eigenvalue weighted by atomic mass is 19.1. The quantitative estimate of drug-likeness (QED) is 0.390. The summed E-state index contributed by atoms with van der Waals surface area (Å²) in [5, 5.41) is 14.7. The Hall–Kier alpha value is -3.56. The molecule has 1 aromatic carbocycles. The number of halogens is 1. The number of carbonyl (C=O) groups excluding carboxylic acids is 2. The zero-order valence-electron chi connectivity index (χ0n) is 14.4. The highest BCUT2D eigenvalue weighted by Crippen LogP contribution is 2.19. The maximum absolute atomic E-state index is 13.1. The van der Waals surface area contributed by atoms with Crippen LogP contribution >= 0.6 is 0 Å². The van der Waals surface area contributed by atoms with Crippen molar-refractivity contribution in [2.24, 2.45) is 0 Å². The van der Waals surface area contributed by atoms with Gasteiger partial charge in [-0.1, -0.05) is 0 Å². The van der Waals surface area contributed by atoms with E-state index in [1.807, 2.05) is 0 Å². The second-order valence-corrected chi connectivity index (χ2v) is 5.30. The summed E-state index contributed by atoms with van der Waals surface area (Å²) in [7, 11) is 0. The molecule has 0 atom stereocenters. The topological polar surface area (TPSA) is 108 Å². The van der Waals surface area contributed by atoms with Crippen LogP contribution in [0.1, 0.15) is 6.92 Å². The van der Waals surface area contributed by atoms with Gasteiger partial charge in [0, 0.05) is 11.6 Å². The van der Waals surface area contributed by atoms with Gasteiger partial charge in [-0.2, -0.15) is 4.52 Å². The monoisotopic (exact) mass is 373 g/mol. The van der Waals surface area contributed by atoms with Gasteiger partial charge in [-0.05, 0) is 37.3 Å². The summed E-state index contributed by atoms with van der Waals surface area (Å²) in [6.07, 6.45) is 0. The number of nitrogens with one attached hydrogen (secondary N) is 1. The van der Waals surface area contributed by atoms with Crippen molar-refractivity contribution in [1.82, 2.24) is 25.1 Å². The van der Waals surface area contributed by atoms with E-state index in [1.54, 1.807) is 31.2 Å². The van der Waals surface area contributed by atoms with Gasteiger partial charge < -0.3 is 14.8 Å². The van der Waals surface area contributed by atoms with Gasteiger partial charge in [-0.15, -0.1) is 15.3 Å². The van der Waals surface area contributed by atoms with Gasteiger partial charge in [0.1, 0.15) is 12.4 Å². The average Bonchev–Trinajstić information content (AvgIpc) is 3.09. The Bertz CT molecular complexity index is 958. The van der Waals surface area contributed by atoms with Crippen molar-refractivity contribution in [2.75, 3.05) is 19.8 Å². The normalized spacial score (nSPS) is 10.6. The van der Waals surface area contributed by atoms with Crippen LogP contribution in [0.5, 0.6) is 5.88 Å². The number of benzene rings is 1. The van der Waals surface area contributed by atoms with Crippen LogP contribution in [0.15, 0.2) is 36.4 Å². The molecular weight excluding hydrogens is 357 g/mol. The molecule has 0 saturated carbocycles. The highest BCUT2D eigenvalue weighted by Gasteiger charge is 2.14. The fourth-order valence-corrected chi connectivity index (χ4v) is 2.22. The van der Waals surface area contributed by atoms with Crippen LogP contribution < -0.4 is 10.1 Å². The number of carbonyl (C=O) groups is 2. The van der Waals surface area contributed by atoms with Crippen molar-refractivity contribution in [3.63, 3.8) is 0 Å². The first-order valence-electron chi connectivity index (χ1n) is 8.14. The summed E-state index contributed by atoms with van der Waals surface area (Å²) in [6.45, 7) is 1.94. The first-order valence-corrected chi connectivity index (χ1v) is 8.14. The number of rotatable bonds is 6. The minimum Gasteiger partial charge on any atom is -0.475 e. The molecule has 0 unspecified atom stereocenters. The fourth-order valence-electron chi connectivity index (χ4n) is 2.22. The molecule has 0 saturated heterocycles. The van der Waals surface area contributed by atoms with Gasteiger partial charge in [-0.25, -0.2) is 9.18 Å². The summed E-state index contributed by atoms with van der Waals surface area (Å²) in [5.74, 6) is -1.41. The lowest BCUT2D eigenvalue weighted by Crippen LogP contribution is -2.35. The molecule has 2 heterocycles. The van der Waals surface area contributed by atoms with Gasteiger partial charge in [0.05, 0.1) is 13.2 Å². The van der Waals surface area contributed by atoms with E-state index in [-0.39, 0.29) is 31.5 Å². The summed E-state index contributed by atoms with van der Waals surface area (Å²) in [6, 6.07) is 9.06. The Morgan fingerprint density at radius 1 is 1.15 bits per heavy atom. The van der Waals surface area contributed by atoms with Crippen LogP contribution in [-0.2, 0) is 14.3 Å². The number of ether oxygens (including phenoxy) is 2. The molecule has 10 heteroatoms. The van der Waals surface area contributed by atoms with Crippen LogP contribution in [0.25, 0.3) is 17.0 Å². The Morgan fingerprint density at radius 3 is 2.67 bits per heavy atom. The molecule has 0 aliphatic heterocycles. The summed E-state index contributed by atoms with van der Waals surface area (Å²) in [4.78, 5) is 22.6. The molecule has 0 aliphatic rings. The molecule has 27 heavy (non-hydrogen) atoms. The van der Waals surface area contributed by atoms with Crippen LogP contribution in [-0.4, -0.2) is 51.4 Å². The Kier molecular flexibility index (Phi) is 5.55. The van der Waals surface area contributed by atoms with E-state index >= 15 is 0 Å². The van der Waals surface area contributed by atoms with Gasteiger partial charge in [0.15, 0.2) is 11.5 Å². The van der Waals surface area contributed by atoms with E-state index < -0.39 is 11.9 Å². The number of fused-ring (bicyclic) bond motifs is 1. The number of nitrogens with zero attached hydrogens (tertiary/aromatic N) is 4. The Balaban J connectivity index is 1.64. The second kappa shape index (κ2) is 8.21. The maximum atomic E-state index is 13.1. The third-order valence-corrected chi connectivity index (χ3v) is 3.44. The molecule has 140 valence electrons. The van der Waals surface area contributed by atoms with Crippen molar-refractivity contribution < 1.29 is 23.5 Å². The first-order chi connectivity index (χ1) is 13.1. The lowest BCUT2D eigenvalue weighted by molar-refractivity contribution is -0.154. The molecule has 0 bridgehead atoms. The maximum Gasteiger partial charge on any atom is 0.396 e. The summed E-state index contributed by atoms with van der Waals surface area (Å²) in [5.41, 5.74) is 1.15. The van der Waals surface area contributed by atoms with E-state index in [1.165, 1.54) is 16.6 Å².